The normalized spacial score (nSPS) is 11.1. The molecule has 2 aromatic heterocycles. The van der Waals surface area contributed by atoms with Crippen LogP contribution in [0.25, 0.3) is 0 Å². The molecule has 7 heteroatoms. The Morgan fingerprint density at radius 3 is 2.52 bits per heavy atom. The molecule has 3 aromatic rings. The van der Waals surface area contributed by atoms with E-state index in [1.165, 1.54) is 4.57 Å². The number of carbonyl (C=O) groups is 1. The van der Waals surface area contributed by atoms with Gasteiger partial charge in [-0.2, -0.15) is 0 Å². The molecule has 0 aliphatic carbocycles. The van der Waals surface area contributed by atoms with Gasteiger partial charge in [-0.15, -0.1) is 0 Å². The Morgan fingerprint density at radius 2 is 1.90 bits per heavy atom. The number of rotatable bonds is 5. The van der Waals surface area contributed by atoms with Crippen molar-refractivity contribution < 1.29 is 4.79 Å². The number of nitrogens with one attached hydrogen (secondary N) is 1. The van der Waals surface area contributed by atoms with Crippen molar-refractivity contribution in [2.24, 2.45) is 0 Å². The molecule has 29 heavy (non-hydrogen) atoms. The van der Waals surface area contributed by atoms with Crippen molar-refractivity contribution in [1.29, 1.82) is 0 Å². The molecule has 0 saturated heterocycles. The van der Waals surface area contributed by atoms with Gasteiger partial charge < -0.3 is 0 Å². The van der Waals surface area contributed by atoms with Crippen LogP contribution in [0.1, 0.15) is 58.3 Å². The summed E-state index contributed by atoms with van der Waals surface area (Å²) >= 11 is 3.42. The molecule has 1 N–H and O–H groups in total. The van der Waals surface area contributed by atoms with Crippen LogP contribution < -0.4 is 11.2 Å². The molecule has 0 bridgehead atoms. The van der Waals surface area contributed by atoms with Crippen molar-refractivity contribution >= 4 is 21.7 Å². The van der Waals surface area contributed by atoms with Crippen LogP contribution >= 0.6 is 15.9 Å². The molecule has 0 aliphatic heterocycles. The third kappa shape index (κ3) is 4.45. The van der Waals surface area contributed by atoms with E-state index >= 15 is 0 Å². The Kier molecular flexibility index (Phi) is 5.98. The Bertz CT molecular complexity index is 1190. The molecule has 2 heterocycles. The second kappa shape index (κ2) is 8.29. The van der Waals surface area contributed by atoms with Crippen molar-refractivity contribution in [2.45, 2.75) is 40.2 Å². The zero-order valence-electron chi connectivity index (χ0n) is 16.7. The topological polar surface area (TPSA) is 84.8 Å². The van der Waals surface area contributed by atoms with Gasteiger partial charge >= 0.3 is 5.69 Å². The first-order valence-electron chi connectivity index (χ1n) is 9.29. The standard InChI is InChI=1S/C22H22BrN3O3/c1-12(2)18-19(20(27)17-9-13(3)8-14(4)24-17)26(22(29)25-21(18)28)11-15-6-5-7-16(23)10-15/h5-10,12H,11H2,1-4H3,(H,25,28,29). The van der Waals surface area contributed by atoms with Crippen LogP contribution in [-0.4, -0.2) is 20.3 Å². The maximum atomic E-state index is 13.5. The summed E-state index contributed by atoms with van der Waals surface area (Å²) < 4.78 is 2.20. The zero-order valence-corrected chi connectivity index (χ0v) is 18.3. The number of aryl methyl sites for hydroxylation is 2. The molecule has 150 valence electrons. The number of hydrogen-bond acceptors (Lipinski definition) is 4. The van der Waals surface area contributed by atoms with E-state index in [0.29, 0.717) is 5.69 Å². The van der Waals surface area contributed by atoms with Crippen LogP contribution in [0.3, 0.4) is 0 Å². The molecule has 0 saturated carbocycles. The molecule has 6 nitrogen and oxygen atoms in total. The minimum Gasteiger partial charge on any atom is -0.285 e. The highest BCUT2D eigenvalue weighted by molar-refractivity contribution is 9.10. The largest absolute Gasteiger partial charge is 0.329 e. The van der Waals surface area contributed by atoms with Crippen molar-refractivity contribution in [2.75, 3.05) is 0 Å². The smallest absolute Gasteiger partial charge is 0.285 e. The van der Waals surface area contributed by atoms with Gasteiger partial charge in [-0.1, -0.05) is 41.9 Å². The van der Waals surface area contributed by atoms with E-state index in [2.05, 4.69) is 25.9 Å². The maximum absolute atomic E-state index is 13.5. The summed E-state index contributed by atoms with van der Waals surface area (Å²) in [6.45, 7) is 7.48. The molecule has 0 fully saturated rings. The predicted octanol–water partition coefficient (Wildman–Crippen LogP) is 3.71. The highest BCUT2D eigenvalue weighted by Crippen LogP contribution is 2.20. The summed E-state index contributed by atoms with van der Waals surface area (Å²) in [6, 6.07) is 11.0. The fourth-order valence-corrected chi connectivity index (χ4v) is 3.86. The molecular formula is C22H22BrN3O3. The quantitative estimate of drug-likeness (QED) is 0.594. The fraction of sp³-hybridized carbons (Fsp3) is 0.273. The third-order valence-corrected chi connectivity index (χ3v) is 5.08. The van der Waals surface area contributed by atoms with Crippen molar-refractivity contribution in [3.8, 4) is 0 Å². The third-order valence-electron chi connectivity index (χ3n) is 4.59. The van der Waals surface area contributed by atoms with E-state index < -0.39 is 17.0 Å². The van der Waals surface area contributed by atoms with Gasteiger partial charge in [0.1, 0.15) is 11.4 Å². The van der Waals surface area contributed by atoms with E-state index in [9.17, 15) is 14.4 Å². The van der Waals surface area contributed by atoms with Gasteiger partial charge in [0, 0.05) is 15.7 Å². The average molecular weight is 456 g/mol. The monoisotopic (exact) mass is 455 g/mol. The number of H-pyrrole nitrogens is 1. The number of halogens is 1. The Morgan fingerprint density at radius 1 is 1.17 bits per heavy atom. The summed E-state index contributed by atoms with van der Waals surface area (Å²) in [5, 5.41) is 0. The van der Waals surface area contributed by atoms with Crippen LogP contribution in [0.5, 0.6) is 0 Å². The van der Waals surface area contributed by atoms with Crippen LogP contribution in [0.4, 0.5) is 0 Å². The van der Waals surface area contributed by atoms with Crippen LogP contribution in [-0.2, 0) is 6.54 Å². The summed E-state index contributed by atoms with van der Waals surface area (Å²) in [5.41, 5.74) is 1.85. The molecule has 3 rings (SSSR count). The van der Waals surface area contributed by atoms with E-state index in [-0.39, 0.29) is 29.4 Å². The zero-order chi connectivity index (χ0) is 21.3. The van der Waals surface area contributed by atoms with Crippen molar-refractivity contribution in [3.63, 3.8) is 0 Å². The number of pyridine rings is 1. The maximum Gasteiger partial charge on any atom is 0.329 e. The first-order valence-corrected chi connectivity index (χ1v) is 10.1. The van der Waals surface area contributed by atoms with Gasteiger partial charge in [0.15, 0.2) is 0 Å². The number of carbonyl (C=O) groups excluding carboxylic acids is 1. The molecule has 0 radical (unpaired) electrons. The van der Waals surface area contributed by atoms with Gasteiger partial charge in [0.25, 0.3) is 5.56 Å². The van der Waals surface area contributed by atoms with Gasteiger partial charge in [0.05, 0.1) is 6.54 Å². The van der Waals surface area contributed by atoms with Gasteiger partial charge in [-0.25, -0.2) is 9.78 Å². The minimum atomic E-state index is -0.618. The molecular weight excluding hydrogens is 434 g/mol. The number of nitrogens with zero attached hydrogens (tertiary/aromatic N) is 2. The van der Waals surface area contributed by atoms with E-state index in [1.54, 1.807) is 13.0 Å². The van der Waals surface area contributed by atoms with E-state index in [1.807, 2.05) is 51.1 Å². The van der Waals surface area contributed by atoms with Crippen LogP contribution in [0, 0.1) is 13.8 Å². The number of hydrogen-bond donors (Lipinski definition) is 1. The van der Waals surface area contributed by atoms with Crippen LogP contribution in [0.2, 0.25) is 0 Å². The predicted molar refractivity (Wildman–Crippen MR) is 116 cm³/mol. The number of aromatic nitrogens is 3. The highest BCUT2D eigenvalue weighted by Gasteiger charge is 2.25. The van der Waals surface area contributed by atoms with Crippen molar-refractivity contribution in [3.05, 3.63) is 95.5 Å². The second-order valence-electron chi connectivity index (χ2n) is 7.39. The number of aromatic amines is 1. The lowest BCUT2D eigenvalue weighted by Gasteiger charge is -2.17. The molecule has 0 aliphatic rings. The first kappa shape index (κ1) is 20.9. The van der Waals surface area contributed by atoms with Gasteiger partial charge in [-0.05, 0) is 55.2 Å². The summed E-state index contributed by atoms with van der Waals surface area (Å²) in [7, 11) is 0. The van der Waals surface area contributed by atoms with Gasteiger partial charge in [0.2, 0.25) is 5.78 Å². The van der Waals surface area contributed by atoms with E-state index in [4.69, 9.17) is 0 Å². The Hall–Kier alpha value is -2.80. The number of ketones is 1. The lowest BCUT2D eigenvalue weighted by Crippen LogP contribution is -2.38. The van der Waals surface area contributed by atoms with E-state index in [0.717, 1.165) is 15.6 Å². The average Bonchev–Trinajstić information content (AvgIpc) is 2.62. The fourth-order valence-electron chi connectivity index (χ4n) is 3.41. The molecule has 0 atom stereocenters. The molecule has 0 spiro atoms. The Balaban J connectivity index is 2.28. The molecule has 1 aromatic carbocycles. The molecule has 0 unspecified atom stereocenters. The van der Waals surface area contributed by atoms with Gasteiger partial charge in [-0.3, -0.25) is 19.1 Å². The van der Waals surface area contributed by atoms with Crippen molar-refractivity contribution in [1.82, 2.24) is 14.5 Å². The molecule has 0 amide bonds. The highest BCUT2D eigenvalue weighted by atomic mass is 79.9. The first-order chi connectivity index (χ1) is 13.7. The lowest BCUT2D eigenvalue weighted by atomic mass is 9.98. The summed E-state index contributed by atoms with van der Waals surface area (Å²) in [5.74, 6) is -0.684. The second-order valence-corrected chi connectivity index (χ2v) is 8.31. The number of benzene rings is 1. The summed E-state index contributed by atoms with van der Waals surface area (Å²) in [6.07, 6.45) is 0. The van der Waals surface area contributed by atoms with Crippen LogP contribution in [0.15, 0.2) is 50.5 Å². The SMILES string of the molecule is Cc1cc(C)nc(C(=O)c2c(C(C)C)c(=O)[nH]c(=O)n2Cc2cccc(Br)c2)c1. The Labute approximate surface area is 176 Å². The summed E-state index contributed by atoms with van der Waals surface area (Å²) in [4.78, 5) is 45.5. The minimum absolute atomic E-state index is 0.0891. The lowest BCUT2D eigenvalue weighted by molar-refractivity contribution is 0.102.